The van der Waals surface area contributed by atoms with E-state index in [4.69, 9.17) is 17.3 Å². The Morgan fingerprint density at radius 3 is 2.71 bits per heavy atom. The first-order valence-corrected chi connectivity index (χ1v) is 6.12. The minimum Gasteiger partial charge on any atom is -0.346 e. The van der Waals surface area contributed by atoms with E-state index in [1.54, 1.807) is 6.07 Å². The molecule has 0 unspecified atom stereocenters. The third-order valence-electron chi connectivity index (χ3n) is 1.99. The number of nitrogens with one attached hydrogen (secondary N) is 1. The summed E-state index contributed by atoms with van der Waals surface area (Å²) in [6, 6.07) is 4.54. The Balaban J connectivity index is 2.68. The molecule has 3 nitrogen and oxygen atoms in total. The second-order valence-corrected chi connectivity index (χ2v) is 4.94. The van der Waals surface area contributed by atoms with Gasteiger partial charge < -0.3 is 11.1 Å². The highest BCUT2D eigenvalue weighted by atomic mass is 127. The fourth-order valence-corrected chi connectivity index (χ4v) is 1.65. The molecule has 3 N–H and O–H groups in total. The number of rotatable bonds is 4. The quantitative estimate of drug-likeness (QED) is 0.795. The average molecular weight is 375 g/mol. The molecule has 7 heteroatoms. The van der Waals surface area contributed by atoms with Crippen molar-refractivity contribution < 1.29 is 13.6 Å². The second kappa shape index (κ2) is 5.92. The number of carbonyl (C=O) groups excluding carboxylic acids is 1. The zero-order valence-electron chi connectivity index (χ0n) is 8.64. The molecule has 0 aliphatic carbocycles. The molecule has 0 spiro atoms. The van der Waals surface area contributed by atoms with Crippen molar-refractivity contribution in [1.29, 1.82) is 0 Å². The van der Waals surface area contributed by atoms with Gasteiger partial charge in [0.2, 0.25) is 0 Å². The molecule has 0 aromatic heterocycles. The zero-order chi connectivity index (χ0) is 13.1. The molecule has 0 saturated carbocycles. The molecule has 0 heterocycles. The average Bonchev–Trinajstić information content (AvgIpc) is 2.30. The standard InChI is InChI=1S/C10H10ClF2IN2O/c11-7-2-1-6(3-8(7)14)9(17)16-5-10(12,13)4-15/h1-3H,4-5,15H2,(H,16,17). The van der Waals surface area contributed by atoms with Gasteiger partial charge in [0.1, 0.15) is 0 Å². The number of hydrogen-bond donors (Lipinski definition) is 2. The summed E-state index contributed by atoms with van der Waals surface area (Å²) in [6.45, 7) is -1.58. The van der Waals surface area contributed by atoms with E-state index < -0.39 is 24.9 Å². The van der Waals surface area contributed by atoms with Crippen LogP contribution in [0, 0.1) is 3.57 Å². The van der Waals surface area contributed by atoms with Crippen LogP contribution in [-0.4, -0.2) is 24.9 Å². The van der Waals surface area contributed by atoms with Crippen molar-refractivity contribution in [3.05, 3.63) is 32.4 Å². The summed E-state index contributed by atoms with van der Waals surface area (Å²) < 4.78 is 26.3. The Labute approximate surface area is 116 Å². The van der Waals surface area contributed by atoms with Gasteiger partial charge in [-0.3, -0.25) is 4.79 Å². The molecular weight excluding hydrogens is 364 g/mol. The Bertz CT molecular complexity index is 429. The zero-order valence-corrected chi connectivity index (χ0v) is 11.6. The molecule has 0 bridgehead atoms. The summed E-state index contributed by atoms with van der Waals surface area (Å²) in [7, 11) is 0. The number of alkyl halides is 2. The molecular formula is C10H10ClF2IN2O. The van der Waals surface area contributed by atoms with Gasteiger partial charge in [0.05, 0.1) is 18.1 Å². The van der Waals surface area contributed by atoms with E-state index in [2.05, 4.69) is 5.32 Å². The van der Waals surface area contributed by atoms with Gasteiger partial charge in [-0.05, 0) is 40.8 Å². The number of benzene rings is 1. The van der Waals surface area contributed by atoms with Crippen LogP contribution >= 0.6 is 34.2 Å². The number of halogens is 4. The van der Waals surface area contributed by atoms with Crippen molar-refractivity contribution in [3.8, 4) is 0 Å². The molecule has 1 aromatic carbocycles. The Hall–Kier alpha value is -0.470. The molecule has 0 aliphatic rings. The van der Waals surface area contributed by atoms with Crippen LogP contribution < -0.4 is 11.1 Å². The molecule has 0 saturated heterocycles. The lowest BCUT2D eigenvalue weighted by atomic mass is 10.2. The summed E-state index contributed by atoms with van der Waals surface area (Å²) in [6.07, 6.45) is 0. The summed E-state index contributed by atoms with van der Waals surface area (Å²) in [4.78, 5) is 11.5. The predicted molar refractivity (Wildman–Crippen MR) is 70.5 cm³/mol. The van der Waals surface area contributed by atoms with Crippen LogP contribution in [0.1, 0.15) is 10.4 Å². The lowest BCUT2D eigenvalue weighted by Gasteiger charge is -2.14. The first-order valence-electron chi connectivity index (χ1n) is 4.67. The van der Waals surface area contributed by atoms with Gasteiger partial charge in [0.15, 0.2) is 0 Å². The summed E-state index contributed by atoms with van der Waals surface area (Å²) >= 11 is 7.74. The second-order valence-electron chi connectivity index (χ2n) is 3.37. The van der Waals surface area contributed by atoms with Crippen LogP contribution in [0.4, 0.5) is 8.78 Å². The lowest BCUT2D eigenvalue weighted by molar-refractivity contribution is 0.0118. The molecule has 0 atom stereocenters. The first-order chi connectivity index (χ1) is 7.85. The summed E-state index contributed by atoms with van der Waals surface area (Å²) in [5.41, 5.74) is 5.14. The maximum Gasteiger partial charge on any atom is 0.277 e. The third kappa shape index (κ3) is 4.36. The highest BCUT2D eigenvalue weighted by Crippen LogP contribution is 2.19. The minimum atomic E-state index is -3.09. The number of amides is 1. The lowest BCUT2D eigenvalue weighted by Crippen LogP contribution is -2.41. The van der Waals surface area contributed by atoms with Crippen LogP contribution in [0.15, 0.2) is 18.2 Å². The highest BCUT2D eigenvalue weighted by Gasteiger charge is 2.27. The van der Waals surface area contributed by atoms with Gasteiger partial charge >= 0.3 is 0 Å². The van der Waals surface area contributed by atoms with Crippen molar-refractivity contribution in [3.63, 3.8) is 0 Å². The molecule has 17 heavy (non-hydrogen) atoms. The maximum absolute atomic E-state index is 12.8. The Kier molecular flexibility index (Phi) is 5.08. The number of carbonyl (C=O) groups is 1. The number of nitrogens with two attached hydrogens (primary N) is 1. The van der Waals surface area contributed by atoms with Crippen LogP contribution in [-0.2, 0) is 0 Å². The van der Waals surface area contributed by atoms with Crippen molar-refractivity contribution >= 4 is 40.1 Å². The molecule has 0 fully saturated rings. The Morgan fingerprint density at radius 1 is 1.53 bits per heavy atom. The molecule has 0 aliphatic heterocycles. The third-order valence-corrected chi connectivity index (χ3v) is 3.53. The van der Waals surface area contributed by atoms with Crippen LogP contribution in [0.5, 0.6) is 0 Å². The van der Waals surface area contributed by atoms with Crippen molar-refractivity contribution in [2.75, 3.05) is 13.1 Å². The van der Waals surface area contributed by atoms with E-state index in [0.29, 0.717) is 8.59 Å². The van der Waals surface area contributed by atoms with Crippen molar-refractivity contribution in [2.24, 2.45) is 5.73 Å². The smallest absolute Gasteiger partial charge is 0.277 e. The maximum atomic E-state index is 12.8. The normalized spacial score (nSPS) is 11.4. The SMILES string of the molecule is NCC(F)(F)CNC(=O)c1ccc(Cl)c(I)c1. The monoisotopic (exact) mass is 374 g/mol. The predicted octanol–water partition coefficient (Wildman–Crippen LogP) is 2.27. The van der Waals surface area contributed by atoms with E-state index in [-0.39, 0.29) is 5.56 Å². The van der Waals surface area contributed by atoms with E-state index in [1.165, 1.54) is 12.1 Å². The highest BCUT2D eigenvalue weighted by molar-refractivity contribution is 14.1. The van der Waals surface area contributed by atoms with Gasteiger partial charge in [-0.1, -0.05) is 11.6 Å². The van der Waals surface area contributed by atoms with Crippen LogP contribution in [0.3, 0.4) is 0 Å². The fraction of sp³-hybridized carbons (Fsp3) is 0.300. The molecule has 0 radical (unpaired) electrons. The first kappa shape index (κ1) is 14.6. The molecule has 1 amide bonds. The number of hydrogen-bond acceptors (Lipinski definition) is 2. The van der Waals surface area contributed by atoms with Crippen molar-refractivity contribution in [2.45, 2.75) is 5.92 Å². The van der Waals surface area contributed by atoms with Gasteiger partial charge in [-0.2, -0.15) is 0 Å². The van der Waals surface area contributed by atoms with Gasteiger partial charge in [0.25, 0.3) is 11.8 Å². The Morgan fingerprint density at radius 2 is 2.18 bits per heavy atom. The topological polar surface area (TPSA) is 55.1 Å². The largest absolute Gasteiger partial charge is 0.346 e. The van der Waals surface area contributed by atoms with E-state index in [0.717, 1.165) is 0 Å². The minimum absolute atomic E-state index is 0.284. The van der Waals surface area contributed by atoms with E-state index >= 15 is 0 Å². The van der Waals surface area contributed by atoms with E-state index in [1.807, 2.05) is 22.6 Å². The van der Waals surface area contributed by atoms with Gasteiger partial charge in [-0.25, -0.2) is 8.78 Å². The van der Waals surface area contributed by atoms with E-state index in [9.17, 15) is 13.6 Å². The van der Waals surface area contributed by atoms with Crippen LogP contribution in [0.2, 0.25) is 5.02 Å². The summed E-state index contributed by atoms with van der Waals surface area (Å²) in [5, 5.41) is 2.63. The van der Waals surface area contributed by atoms with Crippen LogP contribution in [0.25, 0.3) is 0 Å². The van der Waals surface area contributed by atoms with Gasteiger partial charge in [-0.15, -0.1) is 0 Å². The van der Waals surface area contributed by atoms with Gasteiger partial charge in [0, 0.05) is 9.13 Å². The molecule has 1 aromatic rings. The molecule has 94 valence electrons. The molecule has 1 rings (SSSR count). The fourth-order valence-electron chi connectivity index (χ4n) is 1.02. The van der Waals surface area contributed by atoms with Crippen molar-refractivity contribution in [1.82, 2.24) is 5.32 Å². The summed E-state index contributed by atoms with van der Waals surface area (Å²) in [5.74, 6) is -3.66.